The maximum absolute atomic E-state index is 2.39. The minimum Gasteiger partial charge on any atom is -0.0616 e. The lowest BCUT2D eigenvalue weighted by Crippen LogP contribution is -1.94. The lowest BCUT2D eigenvalue weighted by atomic mass is 9.86. The molecule has 0 fully saturated rings. The summed E-state index contributed by atoms with van der Waals surface area (Å²) in [5, 5.41) is 10.6. The largest absolute Gasteiger partial charge is 0.0616 e. The van der Waals surface area contributed by atoms with Crippen LogP contribution in [0, 0.1) is 27.7 Å². The van der Waals surface area contributed by atoms with Gasteiger partial charge in [0.25, 0.3) is 0 Å². The molecule has 6 aromatic rings. The van der Waals surface area contributed by atoms with Crippen molar-refractivity contribution in [2.24, 2.45) is 0 Å². The molecule has 0 aromatic heterocycles. The van der Waals surface area contributed by atoms with Crippen molar-refractivity contribution in [3.63, 3.8) is 0 Å². The van der Waals surface area contributed by atoms with Crippen LogP contribution >= 0.6 is 0 Å². The summed E-state index contributed by atoms with van der Waals surface area (Å²) in [6, 6.07) is 31.6. The van der Waals surface area contributed by atoms with E-state index in [0.717, 1.165) is 0 Å². The summed E-state index contributed by atoms with van der Waals surface area (Å²) < 4.78 is 0. The summed E-state index contributed by atoms with van der Waals surface area (Å²) in [5.41, 5.74) is 8.09. The molecule has 0 aliphatic heterocycles. The molecule has 6 rings (SSSR count). The van der Waals surface area contributed by atoms with Crippen LogP contribution in [0.2, 0.25) is 0 Å². The molecule has 0 unspecified atom stereocenters. The van der Waals surface area contributed by atoms with E-state index in [9.17, 15) is 0 Å². The molecule has 0 saturated carbocycles. The van der Waals surface area contributed by atoms with Crippen molar-refractivity contribution in [2.45, 2.75) is 27.7 Å². The monoisotopic (exact) mass is 410 g/mol. The van der Waals surface area contributed by atoms with Crippen molar-refractivity contribution >= 4 is 43.1 Å². The number of fused-ring (bicyclic) bond motifs is 4. The SMILES string of the molecule is Cc1cc(-c2cc(C)c3cc4ccccc4cc3c2C)c(C)c2cc3ccccc3cc12. The van der Waals surface area contributed by atoms with Gasteiger partial charge in [-0.05, 0) is 128 Å². The average Bonchev–Trinajstić information content (AvgIpc) is 2.82. The Bertz CT molecular complexity index is 1570. The minimum absolute atomic E-state index is 1.30. The summed E-state index contributed by atoms with van der Waals surface area (Å²) in [6.45, 7) is 9.06. The Morgan fingerprint density at radius 1 is 0.375 bits per heavy atom. The zero-order chi connectivity index (χ0) is 22.0. The van der Waals surface area contributed by atoms with E-state index < -0.39 is 0 Å². The van der Waals surface area contributed by atoms with E-state index in [0.29, 0.717) is 0 Å². The first-order chi connectivity index (χ1) is 15.5. The van der Waals surface area contributed by atoms with Crippen LogP contribution in [-0.4, -0.2) is 0 Å². The first kappa shape index (κ1) is 19.1. The van der Waals surface area contributed by atoms with Crippen molar-refractivity contribution in [1.29, 1.82) is 0 Å². The van der Waals surface area contributed by atoms with E-state index in [4.69, 9.17) is 0 Å². The van der Waals surface area contributed by atoms with Gasteiger partial charge in [0.15, 0.2) is 0 Å². The average molecular weight is 411 g/mol. The summed E-state index contributed by atoms with van der Waals surface area (Å²) in [5.74, 6) is 0. The van der Waals surface area contributed by atoms with E-state index in [-0.39, 0.29) is 0 Å². The summed E-state index contributed by atoms with van der Waals surface area (Å²) in [7, 11) is 0. The molecule has 6 aromatic carbocycles. The van der Waals surface area contributed by atoms with Gasteiger partial charge in [-0.3, -0.25) is 0 Å². The van der Waals surface area contributed by atoms with E-state index in [2.05, 4.69) is 113 Å². The molecule has 0 heterocycles. The van der Waals surface area contributed by atoms with Gasteiger partial charge in [-0.2, -0.15) is 0 Å². The van der Waals surface area contributed by atoms with Crippen molar-refractivity contribution < 1.29 is 0 Å². The normalized spacial score (nSPS) is 11.8. The summed E-state index contributed by atoms with van der Waals surface area (Å²) in [4.78, 5) is 0. The Morgan fingerprint density at radius 3 is 1.03 bits per heavy atom. The van der Waals surface area contributed by atoms with Crippen molar-refractivity contribution in [3.05, 3.63) is 107 Å². The predicted molar refractivity (Wildman–Crippen MR) is 141 cm³/mol. The first-order valence-electron chi connectivity index (χ1n) is 11.4. The second-order valence-corrected chi connectivity index (χ2v) is 9.22. The second kappa shape index (κ2) is 6.93. The quantitative estimate of drug-likeness (QED) is 0.237. The van der Waals surface area contributed by atoms with Crippen LogP contribution in [0.1, 0.15) is 22.3 Å². The number of benzene rings is 6. The molecule has 154 valence electrons. The van der Waals surface area contributed by atoms with Gasteiger partial charge >= 0.3 is 0 Å². The third kappa shape index (κ3) is 2.76. The molecule has 0 amide bonds. The molecule has 0 radical (unpaired) electrons. The Morgan fingerprint density at radius 2 is 0.688 bits per heavy atom. The first-order valence-corrected chi connectivity index (χ1v) is 11.4. The van der Waals surface area contributed by atoms with E-state index in [1.54, 1.807) is 0 Å². The number of rotatable bonds is 1. The Labute approximate surface area is 189 Å². The highest BCUT2D eigenvalue weighted by atomic mass is 14.2. The van der Waals surface area contributed by atoms with E-state index in [1.807, 2.05) is 0 Å². The molecule has 0 atom stereocenters. The number of hydrogen-bond acceptors (Lipinski definition) is 0. The molecule has 0 nitrogen and oxygen atoms in total. The van der Waals surface area contributed by atoms with Crippen LogP contribution in [0.15, 0.2) is 84.9 Å². The smallest absolute Gasteiger partial charge is 0.0139 e. The van der Waals surface area contributed by atoms with Crippen LogP contribution in [0.5, 0.6) is 0 Å². The van der Waals surface area contributed by atoms with Gasteiger partial charge in [0, 0.05) is 0 Å². The maximum atomic E-state index is 2.39. The van der Waals surface area contributed by atoms with Crippen molar-refractivity contribution in [2.75, 3.05) is 0 Å². The molecular formula is C32H26. The van der Waals surface area contributed by atoms with Gasteiger partial charge in [-0.15, -0.1) is 0 Å². The highest BCUT2D eigenvalue weighted by Crippen LogP contribution is 2.39. The zero-order valence-electron chi connectivity index (χ0n) is 19.1. The molecule has 0 aliphatic rings. The lowest BCUT2D eigenvalue weighted by Gasteiger charge is -2.18. The topological polar surface area (TPSA) is 0 Å². The fourth-order valence-electron chi connectivity index (χ4n) is 5.41. The fourth-order valence-corrected chi connectivity index (χ4v) is 5.41. The number of aryl methyl sites for hydroxylation is 4. The Balaban J connectivity index is 1.68. The van der Waals surface area contributed by atoms with Gasteiger partial charge < -0.3 is 0 Å². The predicted octanol–water partition coefficient (Wildman–Crippen LogP) is 9.20. The van der Waals surface area contributed by atoms with Crippen LogP contribution in [-0.2, 0) is 0 Å². The van der Waals surface area contributed by atoms with E-state index >= 15 is 0 Å². The van der Waals surface area contributed by atoms with Crippen LogP contribution in [0.4, 0.5) is 0 Å². The Kier molecular flexibility index (Phi) is 4.13. The molecule has 0 aliphatic carbocycles. The third-order valence-corrected chi connectivity index (χ3v) is 7.25. The summed E-state index contributed by atoms with van der Waals surface area (Å²) >= 11 is 0. The highest BCUT2D eigenvalue weighted by Gasteiger charge is 2.15. The lowest BCUT2D eigenvalue weighted by molar-refractivity contribution is 1.41. The second-order valence-electron chi connectivity index (χ2n) is 9.22. The third-order valence-electron chi connectivity index (χ3n) is 7.25. The molecule has 0 N–H and O–H groups in total. The van der Waals surface area contributed by atoms with Gasteiger partial charge in [-0.25, -0.2) is 0 Å². The Hall–Kier alpha value is -3.64. The van der Waals surface area contributed by atoms with Gasteiger partial charge in [0.1, 0.15) is 0 Å². The van der Waals surface area contributed by atoms with Gasteiger partial charge in [0.05, 0.1) is 0 Å². The molecule has 0 saturated heterocycles. The standard InChI is InChI=1S/C32H26/c1-19-13-29(21(3)31-17-25-11-7-5-9-23(25)15-27(19)31)30-14-20(2)28-16-24-10-6-8-12-26(24)18-32(28)22(30)4/h5-18H,1-4H3. The fraction of sp³-hybridized carbons (Fsp3) is 0.125. The molecule has 0 heteroatoms. The van der Waals surface area contributed by atoms with Crippen molar-refractivity contribution in [1.82, 2.24) is 0 Å². The van der Waals surface area contributed by atoms with Crippen LogP contribution in [0.3, 0.4) is 0 Å². The number of hydrogen-bond donors (Lipinski definition) is 0. The van der Waals surface area contributed by atoms with Gasteiger partial charge in [0.2, 0.25) is 0 Å². The minimum atomic E-state index is 1.30. The molecule has 32 heavy (non-hydrogen) atoms. The van der Waals surface area contributed by atoms with E-state index in [1.165, 1.54) is 76.5 Å². The molecular weight excluding hydrogens is 384 g/mol. The zero-order valence-corrected chi connectivity index (χ0v) is 19.1. The maximum Gasteiger partial charge on any atom is -0.0139 e. The van der Waals surface area contributed by atoms with Gasteiger partial charge in [-0.1, -0.05) is 60.7 Å². The van der Waals surface area contributed by atoms with Crippen LogP contribution in [0.25, 0.3) is 54.2 Å². The summed E-state index contributed by atoms with van der Waals surface area (Å²) in [6.07, 6.45) is 0. The highest BCUT2D eigenvalue weighted by molar-refractivity contribution is 6.06. The molecule has 0 spiro atoms. The molecule has 0 bridgehead atoms. The van der Waals surface area contributed by atoms with Crippen molar-refractivity contribution in [3.8, 4) is 11.1 Å². The van der Waals surface area contributed by atoms with Crippen LogP contribution < -0.4 is 0 Å².